The summed E-state index contributed by atoms with van der Waals surface area (Å²) in [7, 11) is -2.75. The van der Waals surface area contributed by atoms with Crippen molar-refractivity contribution in [3.8, 4) is 17.1 Å². The van der Waals surface area contributed by atoms with Crippen LogP contribution in [-0.4, -0.2) is 62.1 Å². The number of carbonyl (C=O) groups is 2. The minimum atomic E-state index is -2.75. The van der Waals surface area contributed by atoms with Crippen LogP contribution < -0.4 is 15.4 Å². The van der Waals surface area contributed by atoms with E-state index in [0.29, 0.717) is 73.3 Å². The SMILES string of the molecule is CCO[Si](CCCNC(=O)Oc1ccc(C(=O)Nc2ccc(-c3nc(C)nc(C)n3)cc2)cc1)(OCC)OCC. The number of aromatic nitrogens is 3. The summed E-state index contributed by atoms with van der Waals surface area (Å²) >= 11 is 0. The maximum atomic E-state index is 12.7. The number of ether oxygens (including phenoxy) is 1. The first-order valence-electron chi connectivity index (χ1n) is 13.4. The standard InChI is InChI=1S/C28H37N5O6Si/c1-6-36-40(37-7-2,38-8-3)19-9-18-29-28(35)39-25-16-12-23(13-17-25)27(34)33-24-14-10-22(11-15-24)26-31-20(4)30-21(5)32-26/h10-17H,6-9,18-19H2,1-5H3,(H,29,35)(H,33,34). The van der Waals surface area contributed by atoms with Crippen LogP contribution in [0.15, 0.2) is 48.5 Å². The smallest absolute Gasteiger partial charge is 0.410 e. The minimum absolute atomic E-state index is 0.291. The number of anilines is 1. The van der Waals surface area contributed by atoms with Crippen molar-refractivity contribution < 1.29 is 27.6 Å². The van der Waals surface area contributed by atoms with Crippen LogP contribution in [0.2, 0.25) is 6.04 Å². The predicted octanol–water partition coefficient (Wildman–Crippen LogP) is 4.93. The second-order valence-electron chi connectivity index (χ2n) is 8.71. The third-order valence-corrected chi connectivity index (χ3v) is 8.76. The molecule has 1 aromatic heterocycles. The van der Waals surface area contributed by atoms with Gasteiger partial charge in [0.15, 0.2) is 5.82 Å². The Morgan fingerprint density at radius 3 is 1.93 bits per heavy atom. The number of benzene rings is 2. The van der Waals surface area contributed by atoms with Crippen molar-refractivity contribution in [2.24, 2.45) is 0 Å². The lowest BCUT2D eigenvalue weighted by molar-refractivity contribution is 0.0707. The zero-order valence-electron chi connectivity index (χ0n) is 23.7. The summed E-state index contributed by atoms with van der Waals surface area (Å²) in [5.41, 5.74) is 1.87. The Morgan fingerprint density at radius 1 is 0.800 bits per heavy atom. The number of nitrogens with zero attached hydrogens (tertiary/aromatic N) is 3. The van der Waals surface area contributed by atoms with Crippen LogP contribution in [0.1, 0.15) is 49.2 Å². The molecule has 11 nitrogen and oxygen atoms in total. The van der Waals surface area contributed by atoms with Crippen molar-refractivity contribution >= 4 is 26.5 Å². The van der Waals surface area contributed by atoms with Gasteiger partial charge in [-0.05, 0) is 89.6 Å². The van der Waals surface area contributed by atoms with E-state index in [2.05, 4.69) is 25.6 Å². The molecule has 12 heteroatoms. The summed E-state index contributed by atoms with van der Waals surface area (Å²) in [5, 5.41) is 5.58. The van der Waals surface area contributed by atoms with E-state index in [-0.39, 0.29) is 5.91 Å². The van der Waals surface area contributed by atoms with Crippen molar-refractivity contribution in [3.05, 3.63) is 65.7 Å². The maximum absolute atomic E-state index is 12.7. The molecule has 0 saturated heterocycles. The van der Waals surface area contributed by atoms with Gasteiger partial charge in [0.2, 0.25) is 0 Å². The summed E-state index contributed by atoms with van der Waals surface area (Å²) in [5.74, 6) is 1.91. The van der Waals surface area contributed by atoms with E-state index >= 15 is 0 Å². The fourth-order valence-corrected chi connectivity index (χ4v) is 6.58. The number of carbonyl (C=O) groups excluding carboxylic acids is 2. The van der Waals surface area contributed by atoms with Gasteiger partial charge in [-0.25, -0.2) is 19.7 Å². The summed E-state index contributed by atoms with van der Waals surface area (Å²) in [4.78, 5) is 37.8. The molecule has 0 aliphatic carbocycles. The van der Waals surface area contributed by atoms with Crippen LogP contribution in [0.4, 0.5) is 10.5 Å². The first-order chi connectivity index (χ1) is 19.3. The lowest BCUT2D eigenvalue weighted by Gasteiger charge is -2.28. The van der Waals surface area contributed by atoms with E-state index in [4.69, 9.17) is 18.0 Å². The second kappa shape index (κ2) is 15.2. The van der Waals surface area contributed by atoms with Gasteiger partial charge in [-0.15, -0.1) is 0 Å². The monoisotopic (exact) mass is 567 g/mol. The van der Waals surface area contributed by atoms with Crippen LogP contribution in [0.25, 0.3) is 11.4 Å². The lowest BCUT2D eigenvalue weighted by Crippen LogP contribution is -2.46. The summed E-state index contributed by atoms with van der Waals surface area (Å²) < 4.78 is 22.8. The first-order valence-corrected chi connectivity index (χ1v) is 15.3. The molecule has 214 valence electrons. The highest BCUT2D eigenvalue weighted by atomic mass is 28.4. The molecule has 0 atom stereocenters. The third-order valence-electron chi connectivity index (χ3n) is 5.61. The van der Waals surface area contributed by atoms with Crippen LogP contribution >= 0.6 is 0 Å². The van der Waals surface area contributed by atoms with Gasteiger partial charge >= 0.3 is 14.9 Å². The predicted molar refractivity (Wildman–Crippen MR) is 153 cm³/mol. The quantitative estimate of drug-likeness (QED) is 0.205. The zero-order chi connectivity index (χ0) is 29.0. The number of amides is 2. The molecule has 1 heterocycles. The molecule has 0 aliphatic heterocycles. The Kier molecular flexibility index (Phi) is 11.7. The van der Waals surface area contributed by atoms with E-state index < -0.39 is 14.9 Å². The van der Waals surface area contributed by atoms with Gasteiger partial charge in [0.25, 0.3) is 5.91 Å². The van der Waals surface area contributed by atoms with Crippen molar-refractivity contribution in [3.63, 3.8) is 0 Å². The number of hydrogen-bond acceptors (Lipinski definition) is 9. The minimum Gasteiger partial charge on any atom is -0.410 e. The molecular formula is C28H37N5O6Si. The van der Waals surface area contributed by atoms with E-state index in [1.165, 1.54) is 0 Å². The third kappa shape index (κ3) is 9.19. The van der Waals surface area contributed by atoms with Crippen LogP contribution in [0, 0.1) is 13.8 Å². The molecule has 3 rings (SSSR count). The van der Waals surface area contributed by atoms with Gasteiger partial charge in [-0.2, -0.15) is 0 Å². The van der Waals surface area contributed by atoms with E-state index in [1.807, 2.05) is 46.8 Å². The number of nitrogens with one attached hydrogen (secondary N) is 2. The maximum Gasteiger partial charge on any atom is 0.500 e. The summed E-state index contributed by atoms with van der Waals surface area (Å²) in [6, 6.07) is 14.2. The number of hydrogen-bond donors (Lipinski definition) is 2. The first kappa shape index (κ1) is 30.8. The second-order valence-corrected chi connectivity index (χ2v) is 11.4. The molecule has 0 aliphatic rings. The van der Waals surface area contributed by atoms with Gasteiger partial charge in [-0.3, -0.25) is 4.79 Å². The van der Waals surface area contributed by atoms with E-state index in [9.17, 15) is 9.59 Å². The van der Waals surface area contributed by atoms with Crippen LogP contribution in [0.3, 0.4) is 0 Å². The summed E-state index contributed by atoms with van der Waals surface area (Å²) in [6.07, 6.45) is 0.0355. The Hall–Kier alpha value is -3.71. The van der Waals surface area contributed by atoms with Crippen LogP contribution in [0.5, 0.6) is 5.75 Å². The van der Waals surface area contributed by atoms with Gasteiger partial charge in [-0.1, -0.05) is 0 Å². The van der Waals surface area contributed by atoms with Crippen molar-refractivity contribution in [1.82, 2.24) is 20.3 Å². The molecule has 0 radical (unpaired) electrons. The van der Waals surface area contributed by atoms with Crippen molar-refractivity contribution in [1.29, 1.82) is 0 Å². The molecular weight excluding hydrogens is 530 g/mol. The van der Waals surface area contributed by atoms with Crippen molar-refractivity contribution in [2.75, 3.05) is 31.7 Å². The molecule has 0 saturated carbocycles. The summed E-state index contributed by atoms with van der Waals surface area (Å²) in [6.45, 7) is 11.2. The Labute approximate surface area is 236 Å². The molecule has 40 heavy (non-hydrogen) atoms. The molecule has 2 N–H and O–H groups in total. The van der Waals surface area contributed by atoms with Gasteiger partial charge in [0, 0.05) is 49.2 Å². The highest BCUT2D eigenvalue weighted by Gasteiger charge is 2.39. The lowest BCUT2D eigenvalue weighted by atomic mass is 10.1. The number of rotatable bonds is 14. The highest BCUT2D eigenvalue weighted by Crippen LogP contribution is 2.20. The zero-order valence-corrected chi connectivity index (χ0v) is 24.7. The molecule has 0 fully saturated rings. The normalized spacial score (nSPS) is 11.2. The molecule has 3 aromatic rings. The van der Waals surface area contributed by atoms with Gasteiger partial charge in [0.1, 0.15) is 17.4 Å². The number of aryl methyl sites for hydroxylation is 2. The molecule has 0 unspecified atom stereocenters. The highest BCUT2D eigenvalue weighted by molar-refractivity contribution is 6.60. The average molecular weight is 568 g/mol. The topological polar surface area (TPSA) is 134 Å². The van der Waals surface area contributed by atoms with Crippen molar-refractivity contribution in [2.45, 2.75) is 47.1 Å². The van der Waals surface area contributed by atoms with Crippen LogP contribution in [-0.2, 0) is 13.3 Å². The average Bonchev–Trinajstić information content (AvgIpc) is 2.92. The Bertz CT molecular complexity index is 1220. The largest absolute Gasteiger partial charge is 0.500 e. The molecule has 2 aromatic carbocycles. The Balaban J connectivity index is 1.47. The fraction of sp³-hybridized carbons (Fsp3) is 0.393. The fourth-order valence-electron chi connectivity index (χ4n) is 3.96. The van der Waals surface area contributed by atoms with Gasteiger partial charge < -0.3 is 28.6 Å². The molecule has 0 spiro atoms. The van der Waals surface area contributed by atoms with E-state index in [1.54, 1.807) is 36.4 Å². The molecule has 0 bridgehead atoms. The van der Waals surface area contributed by atoms with Gasteiger partial charge in [0.05, 0.1) is 0 Å². The Morgan fingerprint density at radius 2 is 1.38 bits per heavy atom. The molecule has 2 amide bonds. The van der Waals surface area contributed by atoms with E-state index in [0.717, 1.165) is 5.56 Å².